The fourth-order valence-electron chi connectivity index (χ4n) is 3.35. The minimum absolute atomic E-state index is 0.00423. The van der Waals surface area contributed by atoms with Crippen molar-refractivity contribution in [3.05, 3.63) is 51.7 Å². The standard InChI is InChI=1S/C19H24N2O3S2/c1-14-7-8-15(2)18(13-14)26(23,24)20-10-9-19(22)21-11-3-5-16(21)17-6-4-12-25-17/h4,6-8,12-13,16,20H,3,5,9-11H2,1-2H3/t16-/m0/s1. The molecule has 1 N–H and O–H groups in total. The molecular formula is C19H24N2O3S2. The van der Waals surface area contributed by atoms with Gasteiger partial charge >= 0.3 is 0 Å². The van der Waals surface area contributed by atoms with E-state index < -0.39 is 10.0 Å². The number of amides is 1. The van der Waals surface area contributed by atoms with E-state index in [2.05, 4.69) is 10.8 Å². The summed E-state index contributed by atoms with van der Waals surface area (Å²) in [4.78, 5) is 16.0. The van der Waals surface area contributed by atoms with Crippen LogP contribution in [0.5, 0.6) is 0 Å². The van der Waals surface area contributed by atoms with E-state index in [4.69, 9.17) is 0 Å². The van der Waals surface area contributed by atoms with Crippen LogP contribution in [0.2, 0.25) is 0 Å². The van der Waals surface area contributed by atoms with E-state index in [0.717, 1.165) is 24.9 Å². The molecule has 1 aliphatic rings. The van der Waals surface area contributed by atoms with Gasteiger partial charge in [0.1, 0.15) is 0 Å². The summed E-state index contributed by atoms with van der Waals surface area (Å²) in [6.45, 7) is 4.49. The van der Waals surface area contributed by atoms with Crippen molar-refractivity contribution in [1.82, 2.24) is 9.62 Å². The Morgan fingerprint density at radius 3 is 2.85 bits per heavy atom. The van der Waals surface area contributed by atoms with Crippen molar-refractivity contribution < 1.29 is 13.2 Å². The highest BCUT2D eigenvalue weighted by atomic mass is 32.2. The molecule has 2 aromatic rings. The molecule has 0 spiro atoms. The largest absolute Gasteiger partial charge is 0.335 e. The minimum atomic E-state index is -3.61. The van der Waals surface area contributed by atoms with E-state index in [9.17, 15) is 13.2 Å². The van der Waals surface area contributed by atoms with E-state index in [1.165, 1.54) is 4.88 Å². The first-order chi connectivity index (χ1) is 12.4. The van der Waals surface area contributed by atoms with Gasteiger partial charge in [0.2, 0.25) is 15.9 Å². The highest BCUT2D eigenvalue weighted by molar-refractivity contribution is 7.89. The van der Waals surface area contributed by atoms with E-state index in [1.807, 2.05) is 29.3 Å². The Morgan fingerprint density at radius 2 is 2.12 bits per heavy atom. The van der Waals surface area contributed by atoms with Crippen molar-refractivity contribution in [1.29, 1.82) is 0 Å². The monoisotopic (exact) mass is 392 g/mol. The summed E-state index contributed by atoms with van der Waals surface area (Å²) in [6, 6.07) is 9.54. The number of nitrogens with zero attached hydrogens (tertiary/aromatic N) is 1. The average Bonchev–Trinajstić information content (AvgIpc) is 3.27. The molecule has 1 fully saturated rings. The summed E-state index contributed by atoms with van der Waals surface area (Å²) in [5.41, 5.74) is 1.59. The van der Waals surface area contributed by atoms with Gasteiger partial charge in [-0.3, -0.25) is 4.79 Å². The van der Waals surface area contributed by atoms with Crippen LogP contribution in [-0.2, 0) is 14.8 Å². The quantitative estimate of drug-likeness (QED) is 0.819. The molecular weight excluding hydrogens is 368 g/mol. The van der Waals surface area contributed by atoms with Crippen LogP contribution < -0.4 is 4.72 Å². The number of benzene rings is 1. The Balaban J connectivity index is 1.60. The Bertz CT molecular complexity index is 876. The smallest absolute Gasteiger partial charge is 0.240 e. The predicted octanol–water partition coefficient (Wildman–Crippen LogP) is 3.40. The zero-order valence-electron chi connectivity index (χ0n) is 15.1. The lowest BCUT2D eigenvalue weighted by molar-refractivity contribution is -0.131. The molecule has 140 valence electrons. The Labute approximate surface area is 159 Å². The first-order valence-electron chi connectivity index (χ1n) is 8.78. The van der Waals surface area contributed by atoms with Crippen LogP contribution in [0, 0.1) is 13.8 Å². The molecule has 0 aliphatic carbocycles. The fraction of sp³-hybridized carbons (Fsp3) is 0.421. The van der Waals surface area contributed by atoms with Crippen molar-refractivity contribution in [3.63, 3.8) is 0 Å². The fourth-order valence-corrected chi connectivity index (χ4v) is 5.59. The lowest BCUT2D eigenvalue weighted by Crippen LogP contribution is -2.34. The number of hydrogen-bond acceptors (Lipinski definition) is 4. The number of aryl methyl sites for hydroxylation is 2. The van der Waals surface area contributed by atoms with Gasteiger partial charge in [-0.25, -0.2) is 13.1 Å². The molecule has 1 aromatic carbocycles. The van der Waals surface area contributed by atoms with E-state index >= 15 is 0 Å². The molecule has 26 heavy (non-hydrogen) atoms. The lowest BCUT2D eigenvalue weighted by Gasteiger charge is -2.24. The van der Waals surface area contributed by atoms with Gasteiger partial charge in [-0.15, -0.1) is 11.3 Å². The number of carbonyl (C=O) groups is 1. The second-order valence-electron chi connectivity index (χ2n) is 6.68. The molecule has 5 nitrogen and oxygen atoms in total. The number of rotatable bonds is 6. The Morgan fingerprint density at radius 1 is 1.31 bits per heavy atom. The molecule has 0 radical (unpaired) electrons. The van der Waals surface area contributed by atoms with Gasteiger partial charge in [-0.1, -0.05) is 18.2 Å². The minimum Gasteiger partial charge on any atom is -0.335 e. The molecule has 0 unspecified atom stereocenters. The van der Waals surface area contributed by atoms with Crippen molar-refractivity contribution in [3.8, 4) is 0 Å². The van der Waals surface area contributed by atoms with Gasteiger partial charge < -0.3 is 4.90 Å². The Hall–Kier alpha value is -1.70. The second-order valence-corrected chi connectivity index (χ2v) is 9.39. The summed E-state index contributed by atoms with van der Waals surface area (Å²) in [5, 5.41) is 2.02. The molecule has 1 atom stereocenters. The first kappa shape index (κ1) is 19.1. The topological polar surface area (TPSA) is 66.5 Å². The van der Waals surface area contributed by atoms with Crippen molar-refractivity contribution in [2.24, 2.45) is 0 Å². The zero-order valence-corrected chi connectivity index (χ0v) is 16.7. The average molecular weight is 393 g/mol. The molecule has 1 saturated heterocycles. The summed E-state index contributed by atoms with van der Waals surface area (Å²) >= 11 is 1.66. The SMILES string of the molecule is Cc1ccc(C)c(S(=O)(=O)NCCC(=O)N2CCC[C@H]2c2cccs2)c1. The van der Waals surface area contributed by atoms with E-state index in [1.54, 1.807) is 30.4 Å². The zero-order chi connectivity index (χ0) is 18.7. The summed E-state index contributed by atoms with van der Waals surface area (Å²) < 4.78 is 27.6. The third kappa shape index (κ3) is 4.16. The Kier molecular flexibility index (Phi) is 5.79. The lowest BCUT2D eigenvalue weighted by atomic mass is 10.2. The van der Waals surface area contributed by atoms with Crippen LogP contribution in [0.15, 0.2) is 40.6 Å². The normalized spacial score (nSPS) is 17.6. The number of thiophene rings is 1. The number of hydrogen-bond donors (Lipinski definition) is 1. The second kappa shape index (κ2) is 7.90. The maximum Gasteiger partial charge on any atom is 0.240 e. The maximum atomic E-state index is 12.6. The third-order valence-electron chi connectivity index (χ3n) is 4.71. The molecule has 2 heterocycles. The molecule has 0 bridgehead atoms. The third-order valence-corrected chi connectivity index (χ3v) is 7.29. The van der Waals surface area contributed by atoms with Crippen LogP contribution in [0.3, 0.4) is 0 Å². The number of nitrogens with one attached hydrogen (secondary N) is 1. The van der Waals surface area contributed by atoms with Gasteiger partial charge in [-0.05, 0) is 55.3 Å². The van der Waals surface area contributed by atoms with Gasteiger partial charge in [0.25, 0.3) is 0 Å². The molecule has 3 rings (SSSR count). The predicted molar refractivity (Wildman–Crippen MR) is 104 cm³/mol. The molecule has 1 aliphatic heterocycles. The van der Waals surface area contributed by atoms with Crippen LogP contribution in [0.1, 0.15) is 41.3 Å². The van der Waals surface area contributed by atoms with Gasteiger partial charge in [0.15, 0.2) is 0 Å². The summed E-state index contributed by atoms with van der Waals surface area (Å²) in [5.74, 6) is 0.00423. The van der Waals surface area contributed by atoms with Crippen LogP contribution >= 0.6 is 11.3 Å². The van der Waals surface area contributed by atoms with Crippen molar-refractivity contribution in [2.45, 2.75) is 44.0 Å². The highest BCUT2D eigenvalue weighted by Crippen LogP contribution is 2.34. The van der Waals surface area contributed by atoms with Crippen molar-refractivity contribution >= 4 is 27.3 Å². The van der Waals surface area contributed by atoms with Gasteiger partial charge in [0.05, 0.1) is 10.9 Å². The van der Waals surface area contributed by atoms with Crippen LogP contribution in [-0.4, -0.2) is 32.3 Å². The number of likely N-dealkylation sites (tertiary alicyclic amines) is 1. The number of carbonyl (C=O) groups excluding carboxylic acids is 1. The first-order valence-corrected chi connectivity index (χ1v) is 11.1. The van der Waals surface area contributed by atoms with Crippen LogP contribution in [0.25, 0.3) is 0 Å². The van der Waals surface area contributed by atoms with Gasteiger partial charge in [-0.2, -0.15) is 0 Å². The van der Waals surface area contributed by atoms with E-state index in [0.29, 0.717) is 5.56 Å². The summed E-state index contributed by atoms with van der Waals surface area (Å²) in [7, 11) is -3.61. The molecule has 1 aromatic heterocycles. The number of sulfonamides is 1. The molecule has 1 amide bonds. The molecule has 0 saturated carbocycles. The summed E-state index contributed by atoms with van der Waals surface area (Å²) in [6.07, 6.45) is 2.13. The van der Waals surface area contributed by atoms with Crippen molar-refractivity contribution in [2.75, 3.05) is 13.1 Å². The van der Waals surface area contributed by atoms with E-state index in [-0.39, 0.29) is 29.8 Å². The maximum absolute atomic E-state index is 12.6. The molecule has 7 heteroatoms. The highest BCUT2D eigenvalue weighted by Gasteiger charge is 2.30. The van der Waals surface area contributed by atoms with Crippen LogP contribution in [0.4, 0.5) is 0 Å². The van der Waals surface area contributed by atoms with Gasteiger partial charge in [0, 0.05) is 24.4 Å².